The molecule has 0 aliphatic heterocycles. The topological polar surface area (TPSA) is 42.0 Å². The Morgan fingerprint density at radius 2 is 1.88 bits per heavy atom. The van der Waals surface area contributed by atoms with Gasteiger partial charge < -0.3 is 0 Å². The molecule has 0 N–H and O–H groups in total. The molecule has 0 aliphatic rings. The molecule has 0 saturated carbocycles. The van der Waals surface area contributed by atoms with E-state index in [1.807, 2.05) is 52.4 Å². The van der Waals surface area contributed by atoms with Crippen LogP contribution in [0.4, 0.5) is 11.5 Å². The molecule has 4 rings (SSSR count). The summed E-state index contributed by atoms with van der Waals surface area (Å²) in [6.07, 6.45) is 1.97. The third kappa shape index (κ3) is 2.63. The molecule has 3 aromatic heterocycles. The Labute approximate surface area is 144 Å². The molecule has 0 unspecified atom stereocenters. The van der Waals surface area contributed by atoms with Gasteiger partial charge in [-0.3, -0.25) is 4.40 Å². The predicted molar refractivity (Wildman–Crippen MR) is 98.6 cm³/mol. The van der Waals surface area contributed by atoms with Crippen molar-refractivity contribution < 1.29 is 0 Å². The van der Waals surface area contributed by atoms with Crippen LogP contribution >= 0.6 is 11.3 Å². The predicted octanol–water partition coefficient (Wildman–Crippen LogP) is 6.10. The molecule has 0 spiro atoms. The van der Waals surface area contributed by atoms with E-state index >= 15 is 0 Å². The second kappa shape index (κ2) is 6.02. The monoisotopic (exact) mass is 332 g/mol. The summed E-state index contributed by atoms with van der Waals surface area (Å²) >= 11 is 1.65. The number of fused-ring (bicyclic) bond motifs is 1. The molecule has 4 aromatic rings. The Hall–Kier alpha value is -2.79. The van der Waals surface area contributed by atoms with E-state index in [1.165, 1.54) is 11.1 Å². The molecule has 3 heterocycles. The third-order valence-electron chi connectivity index (χ3n) is 4.01. The molecule has 0 atom stereocenters. The van der Waals surface area contributed by atoms with E-state index in [4.69, 9.17) is 4.98 Å². The number of aryl methyl sites for hydroxylation is 2. The quantitative estimate of drug-likeness (QED) is 0.418. The van der Waals surface area contributed by atoms with Crippen LogP contribution in [0.5, 0.6) is 0 Å². The van der Waals surface area contributed by atoms with Crippen molar-refractivity contribution in [1.82, 2.24) is 9.38 Å². The minimum atomic E-state index is 0.756. The summed E-state index contributed by atoms with van der Waals surface area (Å²) in [4.78, 5) is 5.81. The Morgan fingerprint density at radius 3 is 2.67 bits per heavy atom. The van der Waals surface area contributed by atoms with Crippen LogP contribution in [0.2, 0.25) is 0 Å². The highest BCUT2D eigenvalue weighted by Crippen LogP contribution is 2.34. The lowest BCUT2D eigenvalue weighted by molar-refractivity contribution is 1.10. The van der Waals surface area contributed by atoms with Crippen LogP contribution in [0.15, 0.2) is 70.3 Å². The zero-order valence-electron chi connectivity index (χ0n) is 13.5. The summed E-state index contributed by atoms with van der Waals surface area (Å²) < 4.78 is 1.97. The summed E-state index contributed by atoms with van der Waals surface area (Å²) in [6.45, 7) is 4.18. The fourth-order valence-corrected chi connectivity index (χ4v) is 3.26. The SMILES string of the molecule is Cc1ccc(N=Nc2c(-c3cccs3)nc3ccccn23)cc1C. The minimum Gasteiger partial charge on any atom is -0.283 e. The van der Waals surface area contributed by atoms with E-state index in [9.17, 15) is 0 Å². The highest BCUT2D eigenvalue weighted by Gasteiger charge is 2.14. The van der Waals surface area contributed by atoms with Gasteiger partial charge in [0, 0.05) is 6.20 Å². The Bertz CT molecular complexity index is 1030. The molecule has 118 valence electrons. The maximum absolute atomic E-state index is 4.72. The van der Waals surface area contributed by atoms with Crippen LogP contribution in [0.1, 0.15) is 11.1 Å². The normalized spacial score (nSPS) is 11.6. The average molecular weight is 332 g/mol. The molecular formula is C19H16N4S. The Kier molecular flexibility index (Phi) is 3.70. The number of aromatic nitrogens is 2. The lowest BCUT2D eigenvalue weighted by atomic mass is 10.1. The van der Waals surface area contributed by atoms with E-state index < -0.39 is 0 Å². The average Bonchev–Trinajstić information content (AvgIpc) is 3.23. The van der Waals surface area contributed by atoms with Gasteiger partial charge >= 0.3 is 0 Å². The van der Waals surface area contributed by atoms with E-state index in [1.54, 1.807) is 11.3 Å². The summed E-state index contributed by atoms with van der Waals surface area (Å²) in [5.41, 5.74) is 5.05. The molecule has 0 fully saturated rings. The summed E-state index contributed by atoms with van der Waals surface area (Å²) in [7, 11) is 0. The standard InChI is InChI=1S/C19H16N4S/c1-13-8-9-15(12-14(13)2)21-22-19-18(16-6-5-11-24-16)20-17-7-3-4-10-23(17)19/h3-12H,1-2H3. The zero-order chi connectivity index (χ0) is 16.5. The van der Waals surface area contributed by atoms with E-state index in [0.717, 1.165) is 27.7 Å². The minimum absolute atomic E-state index is 0.756. The molecule has 0 bridgehead atoms. The van der Waals surface area contributed by atoms with Crippen molar-refractivity contribution >= 4 is 28.5 Å². The van der Waals surface area contributed by atoms with Gasteiger partial charge in [0.25, 0.3) is 0 Å². The second-order valence-electron chi connectivity index (χ2n) is 5.66. The van der Waals surface area contributed by atoms with Gasteiger partial charge in [0.15, 0.2) is 5.82 Å². The number of rotatable bonds is 3. The van der Waals surface area contributed by atoms with Crippen LogP contribution in [-0.2, 0) is 0 Å². The van der Waals surface area contributed by atoms with Crippen molar-refractivity contribution in [1.29, 1.82) is 0 Å². The molecule has 5 heteroatoms. The number of hydrogen-bond donors (Lipinski definition) is 0. The fourth-order valence-electron chi connectivity index (χ4n) is 2.55. The summed E-state index contributed by atoms with van der Waals surface area (Å²) in [5.74, 6) is 0.756. The molecule has 24 heavy (non-hydrogen) atoms. The fraction of sp³-hybridized carbons (Fsp3) is 0.105. The van der Waals surface area contributed by atoms with Crippen LogP contribution in [-0.4, -0.2) is 9.38 Å². The van der Waals surface area contributed by atoms with Crippen LogP contribution in [0.3, 0.4) is 0 Å². The van der Waals surface area contributed by atoms with E-state index in [0.29, 0.717) is 0 Å². The largest absolute Gasteiger partial charge is 0.283 e. The Balaban J connectivity index is 1.84. The van der Waals surface area contributed by atoms with E-state index in [-0.39, 0.29) is 0 Å². The maximum atomic E-state index is 4.72. The summed E-state index contributed by atoms with van der Waals surface area (Å²) in [5, 5.41) is 11.0. The smallest absolute Gasteiger partial charge is 0.188 e. The van der Waals surface area contributed by atoms with Gasteiger partial charge in [0.1, 0.15) is 11.3 Å². The van der Waals surface area contributed by atoms with Gasteiger partial charge in [-0.15, -0.1) is 21.6 Å². The molecule has 0 amide bonds. The molecule has 1 aromatic carbocycles. The summed E-state index contributed by atoms with van der Waals surface area (Å²) in [6, 6.07) is 16.1. The maximum Gasteiger partial charge on any atom is 0.188 e. The van der Waals surface area contributed by atoms with Gasteiger partial charge in [-0.1, -0.05) is 18.2 Å². The van der Waals surface area contributed by atoms with Crippen molar-refractivity contribution in [2.75, 3.05) is 0 Å². The number of pyridine rings is 1. The molecule has 4 nitrogen and oxygen atoms in total. The first kappa shape index (κ1) is 14.8. The van der Waals surface area contributed by atoms with Crippen LogP contribution in [0, 0.1) is 13.8 Å². The number of nitrogens with zero attached hydrogens (tertiary/aromatic N) is 4. The molecular weight excluding hydrogens is 316 g/mol. The number of azo groups is 1. The molecule has 0 saturated heterocycles. The number of imidazole rings is 1. The van der Waals surface area contributed by atoms with Gasteiger partial charge in [-0.05, 0) is 60.7 Å². The van der Waals surface area contributed by atoms with Crippen LogP contribution in [0.25, 0.3) is 16.2 Å². The van der Waals surface area contributed by atoms with Crippen molar-refractivity contribution in [3.05, 3.63) is 71.2 Å². The van der Waals surface area contributed by atoms with Crippen molar-refractivity contribution in [2.24, 2.45) is 10.2 Å². The zero-order valence-corrected chi connectivity index (χ0v) is 14.3. The first-order valence-electron chi connectivity index (χ1n) is 7.72. The lowest BCUT2D eigenvalue weighted by Crippen LogP contribution is -1.81. The molecule has 0 radical (unpaired) electrons. The number of thiophene rings is 1. The van der Waals surface area contributed by atoms with Gasteiger partial charge in [0.05, 0.1) is 10.6 Å². The highest BCUT2D eigenvalue weighted by atomic mass is 32.1. The van der Waals surface area contributed by atoms with Gasteiger partial charge in [-0.2, -0.15) is 0 Å². The van der Waals surface area contributed by atoms with E-state index in [2.05, 4.69) is 36.2 Å². The second-order valence-corrected chi connectivity index (χ2v) is 6.61. The van der Waals surface area contributed by atoms with Crippen molar-refractivity contribution in [3.63, 3.8) is 0 Å². The number of hydrogen-bond acceptors (Lipinski definition) is 4. The van der Waals surface area contributed by atoms with Crippen molar-refractivity contribution in [2.45, 2.75) is 13.8 Å². The van der Waals surface area contributed by atoms with Gasteiger partial charge in [-0.25, -0.2) is 4.98 Å². The lowest BCUT2D eigenvalue weighted by Gasteiger charge is -2.00. The first-order chi connectivity index (χ1) is 11.7. The number of benzene rings is 1. The third-order valence-corrected chi connectivity index (χ3v) is 4.89. The highest BCUT2D eigenvalue weighted by molar-refractivity contribution is 7.13. The first-order valence-corrected chi connectivity index (χ1v) is 8.60. The Morgan fingerprint density at radius 1 is 0.958 bits per heavy atom. The van der Waals surface area contributed by atoms with Crippen molar-refractivity contribution in [3.8, 4) is 10.6 Å². The van der Waals surface area contributed by atoms with Crippen LogP contribution < -0.4 is 0 Å². The van der Waals surface area contributed by atoms with Gasteiger partial charge in [0.2, 0.25) is 0 Å². The molecule has 0 aliphatic carbocycles.